The molecule has 0 spiro atoms. The lowest BCUT2D eigenvalue weighted by molar-refractivity contribution is -0.0626. The molecule has 0 amide bonds. The van der Waals surface area contributed by atoms with Crippen molar-refractivity contribution in [1.29, 1.82) is 0 Å². The Morgan fingerprint density at radius 2 is 1.75 bits per heavy atom. The van der Waals surface area contributed by atoms with Crippen LogP contribution in [0.2, 0.25) is 0 Å². The molecule has 1 N–H and O–H groups in total. The number of aliphatic hydroxyl groups is 1. The molecule has 4 rings (SSSR count). The van der Waals surface area contributed by atoms with Crippen LogP contribution in [0.1, 0.15) is 105 Å². The third kappa shape index (κ3) is 3.42. The third-order valence-corrected chi connectivity index (χ3v) is 10.3. The minimum Gasteiger partial charge on any atom is -0.389 e. The monoisotopic (exact) mass is 386 g/mol. The van der Waals surface area contributed by atoms with Gasteiger partial charge >= 0.3 is 0 Å². The molecule has 0 aromatic heterocycles. The first-order valence-electron chi connectivity index (χ1n) is 12.6. The Morgan fingerprint density at radius 3 is 2.50 bits per heavy atom. The fraction of sp³-hybridized carbons (Fsp3) is 0.926. The third-order valence-electron chi connectivity index (χ3n) is 10.3. The molecular weight excluding hydrogens is 340 g/mol. The molecule has 0 aromatic carbocycles. The molecule has 1 heteroatoms. The number of rotatable bonds is 5. The van der Waals surface area contributed by atoms with E-state index in [9.17, 15) is 5.11 Å². The van der Waals surface area contributed by atoms with Crippen LogP contribution in [0.4, 0.5) is 0 Å². The van der Waals surface area contributed by atoms with Gasteiger partial charge in [-0.15, -0.1) is 0 Å². The van der Waals surface area contributed by atoms with Crippen molar-refractivity contribution in [2.75, 3.05) is 0 Å². The average Bonchev–Trinajstić information content (AvgIpc) is 2.99. The first-order valence-corrected chi connectivity index (χ1v) is 12.6. The zero-order valence-corrected chi connectivity index (χ0v) is 19.3. The minimum absolute atomic E-state index is 0.170. The molecule has 160 valence electrons. The summed E-state index contributed by atoms with van der Waals surface area (Å²) in [6.07, 6.45) is 17.1. The second kappa shape index (κ2) is 7.75. The van der Waals surface area contributed by atoms with Gasteiger partial charge in [-0.1, -0.05) is 65.5 Å². The zero-order chi connectivity index (χ0) is 20.1. The highest BCUT2D eigenvalue weighted by Gasteiger charge is 2.59. The maximum atomic E-state index is 10.2. The second-order valence-electron chi connectivity index (χ2n) is 12.2. The van der Waals surface area contributed by atoms with Crippen LogP contribution in [0, 0.1) is 46.3 Å². The highest BCUT2D eigenvalue weighted by molar-refractivity contribution is 5.25. The minimum atomic E-state index is -0.170. The van der Waals surface area contributed by atoms with Gasteiger partial charge < -0.3 is 5.11 Å². The summed E-state index contributed by atoms with van der Waals surface area (Å²) in [7, 11) is 0. The van der Waals surface area contributed by atoms with E-state index in [0.29, 0.717) is 10.8 Å². The van der Waals surface area contributed by atoms with Gasteiger partial charge in [-0.05, 0) is 97.7 Å². The molecule has 3 fully saturated rings. The van der Waals surface area contributed by atoms with Crippen LogP contribution in [-0.2, 0) is 0 Å². The Kier molecular flexibility index (Phi) is 5.80. The van der Waals surface area contributed by atoms with Crippen molar-refractivity contribution >= 4 is 0 Å². The SMILES string of the molecule is CC(C)CCC[C@H](C)[C@H]1CC[C@H]2[C@@H]3CCC4=C[C@@H](O)CC[C@]4(C)[C@H]3CC[C@]12C. The molecule has 0 bridgehead atoms. The maximum Gasteiger partial charge on any atom is 0.0724 e. The van der Waals surface area contributed by atoms with Gasteiger partial charge in [0.2, 0.25) is 0 Å². The van der Waals surface area contributed by atoms with Gasteiger partial charge in [0.1, 0.15) is 0 Å². The van der Waals surface area contributed by atoms with E-state index in [0.717, 1.165) is 41.9 Å². The largest absolute Gasteiger partial charge is 0.389 e. The van der Waals surface area contributed by atoms with Gasteiger partial charge in [-0.3, -0.25) is 0 Å². The molecule has 0 saturated heterocycles. The van der Waals surface area contributed by atoms with Crippen molar-refractivity contribution in [3.63, 3.8) is 0 Å². The predicted octanol–water partition coefficient (Wildman–Crippen LogP) is 7.39. The van der Waals surface area contributed by atoms with Gasteiger partial charge in [0.05, 0.1) is 6.10 Å². The molecule has 1 nitrogen and oxygen atoms in total. The summed E-state index contributed by atoms with van der Waals surface area (Å²) in [4.78, 5) is 0. The summed E-state index contributed by atoms with van der Waals surface area (Å²) in [5.74, 6) is 5.52. The van der Waals surface area contributed by atoms with E-state index in [1.54, 1.807) is 5.57 Å². The fourth-order valence-electron chi connectivity index (χ4n) is 8.73. The number of hydrogen-bond donors (Lipinski definition) is 1. The van der Waals surface area contributed by atoms with Crippen LogP contribution in [0.25, 0.3) is 0 Å². The Morgan fingerprint density at radius 1 is 0.964 bits per heavy atom. The molecule has 3 saturated carbocycles. The van der Waals surface area contributed by atoms with Crippen LogP contribution in [0.5, 0.6) is 0 Å². The predicted molar refractivity (Wildman–Crippen MR) is 119 cm³/mol. The lowest BCUT2D eigenvalue weighted by Crippen LogP contribution is -2.51. The van der Waals surface area contributed by atoms with Crippen molar-refractivity contribution in [3.05, 3.63) is 11.6 Å². The van der Waals surface area contributed by atoms with Crippen LogP contribution in [-0.4, -0.2) is 11.2 Å². The number of fused-ring (bicyclic) bond motifs is 5. The van der Waals surface area contributed by atoms with Crippen LogP contribution < -0.4 is 0 Å². The van der Waals surface area contributed by atoms with Gasteiger partial charge in [0, 0.05) is 0 Å². The van der Waals surface area contributed by atoms with Crippen molar-refractivity contribution in [2.45, 2.75) is 111 Å². The summed E-state index contributed by atoms with van der Waals surface area (Å²) < 4.78 is 0. The molecule has 8 atom stereocenters. The summed E-state index contributed by atoms with van der Waals surface area (Å²) in [6.45, 7) is 12.6. The number of aliphatic hydroxyl groups excluding tert-OH is 1. The molecule has 0 heterocycles. The van der Waals surface area contributed by atoms with Crippen molar-refractivity contribution < 1.29 is 5.11 Å². The summed E-state index contributed by atoms with van der Waals surface area (Å²) in [5, 5.41) is 10.2. The average molecular weight is 387 g/mol. The van der Waals surface area contributed by atoms with Gasteiger partial charge in [-0.2, -0.15) is 0 Å². The molecule has 4 aliphatic carbocycles. The van der Waals surface area contributed by atoms with E-state index in [-0.39, 0.29) is 6.10 Å². The Bertz CT molecular complexity index is 591. The van der Waals surface area contributed by atoms with Crippen LogP contribution >= 0.6 is 0 Å². The van der Waals surface area contributed by atoms with E-state index in [2.05, 4.69) is 40.7 Å². The topological polar surface area (TPSA) is 20.2 Å². The zero-order valence-electron chi connectivity index (χ0n) is 19.3. The second-order valence-corrected chi connectivity index (χ2v) is 12.2. The van der Waals surface area contributed by atoms with Gasteiger partial charge in [0.15, 0.2) is 0 Å². The molecule has 0 radical (unpaired) electrons. The molecule has 0 unspecified atom stereocenters. The van der Waals surface area contributed by atoms with Gasteiger partial charge in [-0.25, -0.2) is 0 Å². The normalized spacial score (nSPS) is 46.5. The van der Waals surface area contributed by atoms with E-state index in [1.807, 2.05) is 0 Å². The summed E-state index contributed by atoms with van der Waals surface area (Å²) in [5.41, 5.74) is 2.61. The lowest BCUT2D eigenvalue weighted by Gasteiger charge is -2.59. The highest BCUT2D eigenvalue weighted by Crippen LogP contribution is 2.67. The first-order chi connectivity index (χ1) is 13.3. The van der Waals surface area contributed by atoms with Gasteiger partial charge in [0.25, 0.3) is 0 Å². The number of allylic oxidation sites excluding steroid dienone is 1. The van der Waals surface area contributed by atoms with E-state index < -0.39 is 0 Å². The molecule has 0 aromatic rings. The Labute approximate surface area is 174 Å². The Balaban J connectivity index is 1.48. The van der Waals surface area contributed by atoms with E-state index in [4.69, 9.17) is 0 Å². The highest BCUT2D eigenvalue weighted by atomic mass is 16.3. The molecular formula is C27H46O. The maximum absolute atomic E-state index is 10.2. The first kappa shape index (κ1) is 21.0. The van der Waals surface area contributed by atoms with E-state index in [1.165, 1.54) is 64.2 Å². The van der Waals surface area contributed by atoms with Crippen LogP contribution in [0.3, 0.4) is 0 Å². The quantitative estimate of drug-likeness (QED) is 0.488. The summed E-state index contributed by atoms with van der Waals surface area (Å²) in [6, 6.07) is 0. The van der Waals surface area contributed by atoms with Crippen molar-refractivity contribution in [2.24, 2.45) is 46.3 Å². The van der Waals surface area contributed by atoms with Crippen molar-refractivity contribution in [3.8, 4) is 0 Å². The van der Waals surface area contributed by atoms with E-state index >= 15 is 0 Å². The molecule has 28 heavy (non-hydrogen) atoms. The molecule has 4 aliphatic rings. The van der Waals surface area contributed by atoms with Crippen molar-refractivity contribution in [1.82, 2.24) is 0 Å². The lowest BCUT2D eigenvalue weighted by atomic mass is 9.46. The fourth-order valence-corrected chi connectivity index (χ4v) is 8.73. The van der Waals surface area contributed by atoms with Crippen LogP contribution in [0.15, 0.2) is 11.6 Å². The smallest absolute Gasteiger partial charge is 0.0724 e. The number of hydrogen-bond acceptors (Lipinski definition) is 1. The Hall–Kier alpha value is -0.300. The summed E-state index contributed by atoms with van der Waals surface area (Å²) >= 11 is 0. The molecule has 0 aliphatic heterocycles. The standard InChI is InChI=1S/C27H46O/c1-18(2)7-6-8-19(3)23-11-12-24-22-10-9-20-17-21(28)13-15-26(20,4)25(22)14-16-27(23,24)5/h17-19,21-25,28H,6-16H2,1-5H3/t19-,21-,22-,23+,24-,25-,26-,27+/m0/s1.